The highest BCUT2D eigenvalue weighted by molar-refractivity contribution is 5.76. The van der Waals surface area contributed by atoms with Gasteiger partial charge in [0.15, 0.2) is 0 Å². The summed E-state index contributed by atoms with van der Waals surface area (Å²) in [6, 6.07) is 5.84. The van der Waals surface area contributed by atoms with E-state index in [1.165, 1.54) is 0 Å². The Labute approximate surface area is 149 Å². The molecule has 1 atom stereocenters. The number of ether oxygens (including phenoxy) is 3. The molecule has 1 aliphatic rings. The number of aryl methyl sites for hydroxylation is 1. The monoisotopic (exact) mass is 348 g/mol. The van der Waals surface area contributed by atoms with Gasteiger partial charge in [-0.25, -0.2) is 0 Å². The van der Waals surface area contributed by atoms with E-state index in [4.69, 9.17) is 25.4 Å². The van der Waals surface area contributed by atoms with Crippen molar-refractivity contribution < 1.29 is 19.0 Å². The van der Waals surface area contributed by atoms with E-state index in [9.17, 15) is 4.79 Å². The van der Waals surface area contributed by atoms with E-state index in [0.29, 0.717) is 26.1 Å². The van der Waals surface area contributed by atoms with Gasteiger partial charge in [-0.3, -0.25) is 10.2 Å². The van der Waals surface area contributed by atoms with Crippen LogP contribution in [0.4, 0.5) is 0 Å². The van der Waals surface area contributed by atoms with Gasteiger partial charge in [-0.05, 0) is 62.8 Å². The molecule has 0 amide bonds. The summed E-state index contributed by atoms with van der Waals surface area (Å²) in [5.41, 5.74) is 6.45. The molecule has 1 aromatic carbocycles. The normalized spacial score (nSPS) is 15.8. The second kappa shape index (κ2) is 9.91. The standard InChI is InChI=1S/C19H28N2O4/c1-2-23-19(22)13-16-8-7-14-12-15(9-10-17(14)25-16)24-11-5-3-4-6-18(20)21/h9-10,12,16H,2-8,11,13H2,1H3,(H3,20,21). The van der Waals surface area contributed by atoms with Crippen molar-refractivity contribution >= 4 is 11.8 Å². The number of carbonyl (C=O) groups excluding carboxylic acids is 1. The third-order valence-corrected chi connectivity index (χ3v) is 4.12. The molecule has 0 bridgehead atoms. The SMILES string of the molecule is CCOC(=O)CC1CCc2cc(OCCCCCC(=N)N)ccc2O1. The lowest BCUT2D eigenvalue weighted by atomic mass is 10.0. The van der Waals surface area contributed by atoms with Gasteiger partial charge in [0.2, 0.25) is 0 Å². The Kier molecular flexibility index (Phi) is 7.57. The van der Waals surface area contributed by atoms with Gasteiger partial charge in [0.1, 0.15) is 17.6 Å². The zero-order valence-corrected chi connectivity index (χ0v) is 14.9. The summed E-state index contributed by atoms with van der Waals surface area (Å²) < 4.78 is 16.7. The van der Waals surface area contributed by atoms with Crippen molar-refractivity contribution in [3.05, 3.63) is 23.8 Å². The third kappa shape index (κ3) is 6.64. The quantitative estimate of drug-likeness (QED) is 0.293. The maximum Gasteiger partial charge on any atom is 0.309 e. The largest absolute Gasteiger partial charge is 0.494 e. The van der Waals surface area contributed by atoms with E-state index in [0.717, 1.165) is 49.2 Å². The molecule has 0 saturated carbocycles. The molecule has 25 heavy (non-hydrogen) atoms. The molecule has 6 nitrogen and oxygen atoms in total. The zero-order valence-electron chi connectivity index (χ0n) is 14.9. The molecule has 1 unspecified atom stereocenters. The first-order chi connectivity index (χ1) is 12.1. The molecule has 6 heteroatoms. The molecule has 0 spiro atoms. The molecule has 1 heterocycles. The molecule has 0 aliphatic carbocycles. The van der Waals surface area contributed by atoms with Crippen LogP contribution in [0.25, 0.3) is 0 Å². The van der Waals surface area contributed by atoms with Crippen molar-refractivity contribution in [3.8, 4) is 11.5 Å². The number of hydrogen-bond acceptors (Lipinski definition) is 5. The minimum atomic E-state index is -0.208. The zero-order chi connectivity index (χ0) is 18.1. The van der Waals surface area contributed by atoms with E-state index >= 15 is 0 Å². The number of nitrogens with one attached hydrogen (secondary N) is 1. The van der Waals surface area contributed by atoms with Gasteiger partial charge in [0, 0.05) is 6.42 Å². The maximum atomic E-state index is 11.6. The lowest BCUT2D eigenvalue weighted by Gasteiger charge is -2.26. The molecular weight excluding hydrogens is 320 g/mol. The first-order valence-electron chi connectivity index (χ1n) is 8.99. The highest BCUT2D eigenvalue weighted by Crippen LogP contribution is 2.32. The highest BCUT2D eigenvalue weighted by atomic mass is 16.5. The predicted molar refractivity (Wildman–Crippen MR) is 96.3 cm³/mol. The number of nitrogens with two attached hydrogens (primary N) is 1. The number of esters is 1. The van der Waals surface area contributed by atoms with Crippen LogP contribution in [-0.4, -0.2) is 31.1 Å². The Balaban J connectivity index is 1.75. The smallest absolute Gasteiger partial charge is 0.309 e. The lowest BCUT2D eigenvalue weighted by Crippen LogP contribution is -2.26. The van der Waals surface area contributed by atoms with Crippen LogP contribution < -0.4 is 15.2 Å². The number of rotatable bonds is 10. The Bertz CT molecular complexity index is 589. The van der Waals surface area contributed by atoms with Crippen LogP contribution in [0.3, 0.4) is 0 Å². The first kappa shape index (κ1) is 19.1. The Morgan fingerprint density at radius 1 is 1.36 bits per heavy atom. The Hall–Kier alpha value is -2.24. The van der Waals surface area contributed by atoms with E-state index in [1.54, 1.807) is 6.92 Å². The van der Waals surface area contributed by atoms with Crippen molar-refractivity contribution in [2.75, 3.05) is 13.2 Å². The van der Waals surface area contributed by atoms with Crippen LogP contribution in [0.5, 0.6) is 11.5 Å². The van der Waals surface area contributed by atoms with E-state index in [1.807, 2.05) is 18.2 Å². The molecule has 1 aromatic rings. The van der Waals surface area contributed by atoms with Gasteiger partial charge in [-0.15, -0.1) is 0 Å². The summed E-state index contributed by atoms with van der Waals surface area (Å²) in [6.07, 6.45) is 5.40. The minimum Gasteiger partial charge on any atom is -0.494 e. The van der Waals surface area contributed by atoms with Crippen molar-refractivity contribution in [1.29, 1.82) is 5.41 Å². The Morgan fingerprint density at radius 3 is 2.96 bits per heavy atom. The number of carbonyl (C=O) groups is 1. The number of unbranched alkanes of at least 4 members (excludes halogenated alkanes) is 2. The van der Waals surface area contributed by atoms with Crippen molar-refractivity contribution in [3.63, 3.8) is 0 Å². The van der Waals surface area contributed by atoms with E-state index in [-0.39, 0.29) is 17.9 Å². The van der Waals surface area contributed by atoms with Gasteiger partial charge in [0.05, 0.1) is 25.5 Å². The number of amidine groups is 1. The topological polar surface area (TPSA) is 94.6 Å². The number of hydrogen-bond donors (Lipinski definition) is 2. The second-order valence-corrected chi connectivity index (χ2v) is 6.24. The van der Waals surface area contributed by atoms with Crippen molar-refractivity contribution in [2.45, 2.75) is 58.0 Å². The summed E-state index contributed by atoms with van der Waals surface area (Å²) >= 11 is 0. The summed E-state index contributed by atoms with van der Waals surface area (Å²) in [5.74, 6) is 1.71. The average molecular weight is 348 g/mol. The number of fused-ring (bicyclic) bond motifs is 1. The number of benzene rings is 1. The fourth-order valence-corrected chi connectivity index (χ4v) is 2.84. The fraction of sp³-hybridized carbons (Fsp3) is 0.579. The highest BCUT2D eigenvalue weighted by Gasteiger charge is 2.23. The van der Waals surface area contributed by atoms with Gasteiger partial charge >= 0.3 is 5.97 Å². The molecular formula is C19H28N2O4. The van der Waals surface area contributed by atoms with E-state index < -0.39 is 0 Å². The molecule has 0 fully saturated rings. The fourth-order valence-electron chi connectivity index (χ4n) is 2.84. The molecule has 1 aliphatic heterocycles. The van der Waals surface area contributed by atoms with E-state index in [2.05, 4.69) is 0 Å². The molecule has 2 rings (SSSR count). The van der Waals surface area contributed by atoms with Crippen LogP contribution in [0, 0.1) is 5.41 Å². The summed E-state index contributed by atoms with van der Waals surface area (Å²) in [7, 11) is 0. The molecule has 0 radical (unpaired) electrons. The van der Waals surface area contributed by atoms with Crippen molar-refractivity contribution in [1.82, 2.24) is 0 Å². The summed E-state index contributed by atoms with van der Waals surface area (Å²) in [6.45, 7) is 2.86. The van der Waals surface area contributed by atoms with Crippen LogP contribution in [0.15, 0.2) is 18.2 Å². The molecule has 0 saturated heterocycles. The second-order valence-electron chi connectivity index (χ2n) is 6.24. The van der Waals surface area contributed by atoms with Crippen LogP contribution in [0.2, 0.25) is 0 Å². The maximum absolute atomic E-state index is 11.6. The summed E-state index contributed by atoms with van der Waals surface area (Å²) in [4.78, 5) is 11.6. The van der Waals surface area contributed by atoms with Crippen LogP contribution in [-0.2, 0) is 16.0 Å². The molecule has 138 valence electrons. The first-order valence-corrected chi connectivity index (χ1v) is 8.99. The van der Waals surface area contributed by atoms with Gasteiger partial charge in [0.25, 0.3) is 0 Å². The van der Waals surface area contributed by atoms with Crippen LogP contribution in [0.1, 0.15) is 51.0 Å². The summed E-state index contributed by atoms with van der Waals surface area (Å²) in [5, 5.41) is 7.18. The van der Waals surface area contributed by atoms with Gasteiger partial charge in [-0.1, -0.05) is 0 Å². The Morgan fingerprint density at radius 2 is 2.20 bits per heavy atom. The molecule has 3 N–H and O–H groups in total. The van der Waals surface area contributed by atoms with Crippen LogP contribution >= 0.6 is 0 Å². The predicted octanol–water partition coefficient (Wildman–Crippen LogP) is 3.21. The van der Waals surface area contributed by atoms with Crippen molar-refractivity contribution in [2.24, 2.45) is 5.73 Å². The van der Waals surface area contributed by atoms with Gasteiger partial charge < -0.3 is 19.9 Å². The average Bonchev–Trinajstić information content (AvgIpc) is 2.58. The molecule has 0 aromatic heterocycles. The lowest BCUT2D eigenvalue weighted by molar-refractivity contribution is -0.145. The third-order valence-electron chi connectivity index (χ3n) is 4.12. The van der Waals surface area contributed by atoms with Gasteiger partial charge in [-0.2, -0.15) is 0 Å². The minimum absolute atomic E-state index is 0.111.